The number of carbonyl (C=O) groups is 1. The number of aryl methyl sites for hydroxylation is 1. The number of imidazole rings is 1. The molecule has 0 saturated heterocycles. The lowest BCUT2D eigenvalue weighted by Crippen LogP contribution is -2.28. The number of hydrogen-bond donors (Lipinski definition) is 1. The highest BCUT2D eigenvalue weighted by molar-refractivity contribution is 5.79. The molecule has 0 aliphatic heterocycles. The number of rotatable bonds is 7. The Kier molecular flexibility index (Phi) is 5.94. The molecule has 1 amide bonds. The number of nitrogens with one attached hydrogen (secondary N) is 1. The zero-order valence-electron chi connectivity index (χ0n) is 17.5. The third-order valence-electron chi connectivity index (χ3n) is 5.62. The molecule has 1 N–H and O–H groups in total. The lowest BCUT2D eigenvalue weighted by Gasteiger charge is -2.18. The molecule has 0 aliphatic rings. The maximum Gasteiger partial charge on any atom is 0.224 e. The first-order valence-corrected chi connectivity index (χ1v) is 10.5. The van der Waals surface area contributed by atoms with Crippen molar-refractivity contribution in [3.8, 4) is 0 Å². The second-order valence-corrected chi connectivity index (χ2v) is 7.68. The van der Waals surface area contributed by atoms with Gasteiger partial charge in [0.05, 0.1) is 23.5 Å². The Morgan fingerprint density at radius 2 is 1.67 bits per heavy atom. The van der Waals surface area contributed by atoms with Crippen LogP contribution in [0.25, 0.3) is 11.0 Å². The molecular weight excluding hydrogens is 370 g/mol. The van der Waals surface area contributed by atoms with Gasteiger partial charge in [-0.1, -0.05) is 66.7 Å². The molecule has 3 aromatic carbocycles. The molecule has 4 rings (SSSR count). The third-order valence-corrected chi connectivity index (χ3v) is 5.62. The van der Waals surface area contributed by atoms with E-state index in [1.807, 2.05) is 55.5 Å². The molecule has 0 radical (unpaired) electrons. The van der Waals surface area contributed by atoms with E-state index < -0.39 is 0 Å². The van der Waals surface area contributed by atoms with E-state index >= 15 is 0 Å². The van der Waals surface area contributed by atoms with Crippen LogP contribution >= 0.6 is 0 Å². The zero-order valence-corrected chi connectivity index (χ0v) is 17.5. The first-order chi connectivity index (χ1) is 14.6. The SMILES string of the molecule is Cc1ccccc1CC(=O)NCCc1nc2ccccc2n1C(C)c1ccccc1. The van der Waals surface area contributed by atoms with E-state index in [-0.39, 0.29) is 11.9 Å². The van der Waals surface area contributed by atoms with Crippen molar-refractivity contribution in [2.45, 2.75) is 32.7 Å². The monoisotopic (exact) mass is 397 g/mol. The van der Waals surface area contributed by atoms with Crippen LogP contribution in [0.3, 0.4) is 0 Å². The van der Waals surface area contributed by atoms with E-state index in [0.717, 1.165) is 28.0 Å². The van der Waals surface area contributed by atoms with Gasteiger partial charge in [-0.25, -0.2) is 4.98 Å². The predicted molar refractivity (Wildman–Crippen MR) is 122 cm³/mol. The number of carbonyl (C=O) groups excluding carboxylic acids is 1. The molecule has 1 aromatic heterocycles. The predicted octanol–water partition coefficient (Wildman–Crippen LogP) is 4.86. The Labute approximate surface area is 177 Å². The van der Waals surface area contributed by atoms with Crippen molar-refractivity contribution < 1.29 is 4.79 Å². The van der Waals surface area contributed by atoms with Gasteiger partial charge in [-0.15, -0.1) is 0 Å². The first kappa shape index (κ1) is 19.9. The summed E-state index contributed by atoms with van der Waals surface area (Å²) in [6, 6.07) is 26.9. The molecule has 0 bridgehead atoms. The second kappa shape index (κ2) is 8.95. The summed E-state index contributed by atoms with van der Waals surface area (Å²) in [4.78, 5) is 17.3. The summed E-state index contributed by atoms with van der Waals surface area (Å²) < 4.78 is 2.29. The maximum atomic E-state index is 12.4. The van der Waals surface area contributed by atoms with Gasteiger partial charge < -0.3 is 9.88 Å². The molecule has 152 valence electrons. The lowest BCUT2D eigenvalue weighted by atomic mass is 10.1. The minimum atomic E-state index is 0.0445. The average molecular weight is 398 g/mol. The smallest absolute Gasteiger partial charge is 0.224 e. The van der Waals surface area contributed by atoms with Crippen LogP contribution in [0, 0.1) is 6.92 Å². The van der Waals surface area contributed by atoms with Crippen LogP contribution in [-0.2, 0) is 17.6 Å². The maximum absolute atomic E-state index is 12.4. The van der Waals surface area contributed by atoms with E-state index in [1.165, 1.54) is 5.56 Å². The molecule has 4 heteroatoms. The van der Waals surface area contributed by atoms with Crippen LogP contribution in [0.2, 0.25) is 0 Å². The first-order valence-electron chi connectivity index (χ1n) is 10.5. The zero-order chi connectivity index (χ0) is 20.9. The van der Waals surface area contributed by atoms with E-state index in [2.05, 4.69) is 47.1 Å². The Bertz CT molecular complexity index is 1150. The highest BCUT2D eigenvalue weighted by Crippen LogP contribution is 2.26. The summed E-state index contributed by atoms with van der Waals surface area (Å²) >= 11 is 0. The van der Waals surface area contributed by atoms with Crippen molar-refractivity contribution in [2.75, 3.05) is 6.54 Å². The number of para-hydroxylation sites is 2. The molecule has 4 aromatic rings. The second-order valence-electron chi connectivity index (χ2n) is 7.68. The van der Waals surface area contributed by atoms with E-state index in [0.29, 0.717) is 19.4 Å². The largest absolute Gasteiger partial charge is 0.355 e. The van der Waals surface area contributed by atoms with Crippen molar-refractivity contribution >= 4 is 16.9 Å². The van der Waals surface area contributed by atoms with Crippen LogP contribution < -0.4 is 5.32 Å². The van der Waals surface area contributed by atoms with Crippen molar-refractivity contribution in [3.05, 3.63) is 101 Å². The Hall–Kier alpha value is -3.40. The van der Waals surface area contributed by atoms with Crippen molar-refractivity contribution in [3.63, 3.8) is 0 Å². The van der Waals surface area contributed by atoms with Crippen LogP contribution in [0.4, 0.5) is 0 Å². The molecule has 1 atom stereocenters. The van der Waals surface area contributed by atoms with Gasteiger partial charge in [0.1, 0.15) is 5.82 Å². The normalized spacial score (nSPS) is 12.1. The van der Waals surface area contributed by atoms with Gasteiger partial charge in [0.2, 0.25) is 5.91 Å². The molecule has 0 spiro atoms. The number of benzene rings is 3. The Morgan fingerprint density at radius 1 is 0.967 bits per heavy atom. The minimum Gasteiger partial charge on any atom is -0.355 e. The molecular formula is C26H27N3O. The minimum absolute atomic E-state index is 0.0445. The molecule has 0 aliphatic carbocycles. The van der Waals surface area contributed by atoms with Gasteiger partial charge in [0.25, 0.3) is 0 Å². The topological polar surface area (TPSA) is 46.9 Å². The summed E-state index contributed by atoms with van der Waals surface area (Å²) in [6.45, 7) is 4.80. The molecule has 0 fully saturated rings. The average Bonchev–Trinajstić information content (AvgIpc) is 3.13. The van der Waals surface area contributed by atoms with Crippen molar-refractivity contribution in [1.29, 1.82) is 0 Å². The van der Waals surface area contributed by atoms with Crippen molar-refractivity contribution in [2.24, 2.45) is 0 Å². The summed E-state index contributed by atoms with van der Waals surface area (Å²) in [5.41, 5.74) is 5.56. The standard InChI is InChI=1S/C26H27N3O/c1-19-10-6-7-13-22(19)18-26(30)27-17-16-25-28-23-14-8-9-15-24(23)29(25)20(2)21-11-4-3-5-12-21/h3-15,20H,16-18H2,1-2H3,(H,27,30). The third kappa shape index (κ3) is 4.28. The number of aromatic nitrogens is 2. The van der Waals surface area contributed by atoms with Gasteiger partial charge in [-0.05, 0) is 42.7 Å². The molecule has 30 heavy (non-hydrogen) atoms. The quantitative estimate of drug-likeness (QED) is 0.484. The molecule has 0 saturated carbocycles. The highest BCUT2D eigenvalue weighted by Gasteiger charge is 2.17. The molecule has 1 unspecified atom stereocenters. The highest BCUT2D eigenvalue weighted by atomic mass is 16.1. The van der Waals surface area contributed by atoms with Crippen LogP contribution in [0.15, 0.2) is 78.9 Å². The van der Waals surface area contributed by atoms with Gasteiger partial charge in [0, 0.05) is 13.0 Å². The number of amides is 1. The van der Waals surface area contributed by atoms with Crippen LogP contribution in [0.1, 0.15) is 35.5 Å². The molecule has 4 nitrogen and oxygen atoms in total. The van der Waals surface area contributed by atoms with Gasteiger partial charge >= 0.3 is 0 Å². The van der Waals surface area contributed by atoms with E-state index in [1.54, 1.807) is 0 Å². The summed E-state index contributed by atoms with van der Waals surface area (Å²) in [6.07, 6.45) is 1.09. The summed E-state index contributed by atoms with van der Waals surface area (Å²) in [5.74, 6) is 1.03. The number of hydrogen-bond acceptors (Lipinski definition) is 2. The van der Waals surface area contributed by atoms with Crippen molar-refractivity contribution in [1.82, 2.24) is 14.9 Å². The summed E-state index contributed by atoms with van der Waals surface area (Å²) in [5, 5.41) is 3.06. The van der Waals surface area contributed by atoms with Crippen LogP contribution in [0.5, 0.6) is 0 Å². The fourth-order valence-electron chi connectivity index (χ4n) is 3.94. The Morgan fingerprint density at radius 3 is 2.47 bits per heavy atom. The molecule has 1 heterocycles. The van der Waals surface area contributed by atoms with Crippen LogP contribution in [-0.4, -0.2) is 22.0 Å². The van der Waals surface area contributed by atoms with Gasteiger partial charge in [0.15, 0.2) is 0 Å². The Balaban J connectivity index is 1.50. The fraction of sp³-hybridized carbons (Fsp3) is 0.231. The summed E-state index contributed by atoms with van der Waals surface area (Å²) in [7, 11) is 0. The lowest BCUT2D eigenvalue weighted by molar-refractivity contribution is -0.120. The van der Waals surface area contributed by atoms with E-state index in [9.17, 15) is 4.79 Å². The fourth-order valence-corrected chi connectivity index (χ4v) is 3.94. The number of fused-ring (bicyclic) bond motifs is 1. The van der Waals surface area contributed by atoms with Gasteiger partial charge in [-0.2, -0.15) is 0 Å². The van der Waals surface area contributed by atoms with Gasteiger partial charge in [-0.3, -0.25) is 4.79 Å². The van der Waals surface area contributed by atoms with E-state index in [4.69, 9.17) is 4.98 Å². The number of nitrogens with zero attached hydrogens (tertiary/aromatic N) is 2.